The summed E-state index contributed by atoms with van der Waals surface area (Å²) in [6, 6.07) is 20.4. The molecule has 1 fully saturated rings. The normalized spacial score (nSPS) is 16.5. The molecule has 0 saturated heterocycles. The summed E-state index contributed by atoms with van der Waals surface area (Å²) in [4.78, 5) is 13.9. The van der Waals surface area contributed by atoms with Crippen LogP contribution in [-0.4, -0.2) is 20.7 Å². The first-order chi connectivity index (χ1) is 10.8. The van der Waals surface area contributed by atoms with E-state index in [1.807, 2.05) is 30.3 Å². The predicted molar refractivity (Wildman–Crippen MR) is 92.5 cm³/mol. The van der Waals surface area contributed by atoms with Gasteiger partial charge in [-0.3, -0.25) is 0 Å². The van der Waals surface area contributed by atoms with Crippen molar-refractivity contribution >= 4 is 20.7 Å². The zero-order valence-electron chi connectivity index (χ0n) is 12.8. The summed E-state index contributed by atoms with van der Waals surface area (Å²) in [5, 5.41) is 0. The van der Waals surface area contributed by atoms with Gasteiger partial charge in [0, 0.05) is 0 Å². The monoisotopic (exact) mass is 358 g/mol. The number of hydrogen-bond acceptors (Lipinski definition) is 1. The van der Waals surface area contributed by atoms with Gasteiger partial charge in [0.15, 0.2) is 0 Å². The summed E-state index contributed by atoms with van der Waals surface area (Å²) in [5.74, 6) is 0.286. The van der Waals surface area contributed by atoms with E-state index in [1.165, 1.54) is 31.2 Å². The van der Waals surface area contributed by atoms with Crippen molar-refractivity contribution in [2.75, 3.05) is 0 Å². The van der Waals surface area contributed by atoms with Gasteiger partial charge in [-0.15, -0.1) is 0 Å². The molecule has 1 aliphatic carbocycles. The van der Waals surface area contributed by atoms with Crippen LogP contribution in [0.3, 0.4) is 0 Å². The molecule has 1 aliphatic rings. The molecule has 2 aromatic rings. The van der Waals surface area contributed by atoms with Crippen molar-refractivity contribution in [3.8, 4) is 0 Å². The quantitative estimate of drug-likeness (QED) is 0.521. The fourth-order valence-electron chi connectivity index (χ4n) is 3.08. The molecular formula is C20H22OSe. The van der Waals surface area contributed by atoms with E-state index in [0.29, 0.717) is 26.2 Å². The van der Waals surface area contributed by atoms with Gasteiger partial charge < -0.3 is 0 Å². The number of benzene rings is 2. The van der Waals surface area contributed by atoms with E-state index in [-0.39, 0.29) is 5.78 Å². The van der Waals surface area contributed by atoms with Gasteiger partial charge in [0.25, 0.3) is 0 Å². The molecule has 0 aromatic heterocycles. The molecule has 0 bridgehead atoms. The Labute approximate surface area is 139 Å². The fourth-order valence-corrected chi connectivity index (χ4v) is 6.50. The van der Waals surface area contributed by atoms with E-state index in [2.05, 4.69) is 30.3 Å². The second kappa shape index (κ2) is 7.76. The van der Waals surface area contributed by atoms with Gasteiger partial charge in [-0.2, -0.15) is 0 Å². The summed E-state index contributed by atoms with van der Waals surface area (Å²) >= 11 is 0.516. The third-order valence-electron chi connectivity index (χ3n) is 4.30. The van der Waals surface area contributed by atoms with Crippen molar-refractivity contribution in [1.29, 1.82) is 0 Å². The molecule has 114 valence electrons. The molecule has 0 aliphatic heterocycles. The van der Waals surface area contributed by atoms with Gasteiger partial charge in [0.05, 0.1) is 0 Å². The van der Waals surface area contributed by atoms with Crippen LogP contribution in [0.5, 0.6) is 0 Å². The Morgan fingerprint density at radius 3 is 2.18 bits per heavy atom. The van der Waals surface area contributed by atoms with Crippen LogP contribution in [0.25, 0.3) is 0 Å². The molecule has 2 heteroatoms. The maximum atomic E-state index is 12.6. The standard InChI is InChI=1S/C20H22OSe/c21-19(16-9-3-1-4-10-16)15-20(17-11-5-2-6-12-17)22-18-13-7-8-14-18/h1-6,9-12,18,20H,7-8,13-15H2/t20-/m1/s1. The second-order valence-electron chi connectivity index (χ2n) is 5.94. The van der Waals surface area contributed by atoms with Crippen LogP contribution in [0, 0.1) is 0 Å². The second-order valence-corrected chi connectivity index (χ2v) is 9.10. The summed E-state index contributed by atoms with van der Waals surface area (Å²) in [6.07, 6.45) is 6.14. The molecule has 1 nitrogen and oxygen atoms in total. The van der Waals surface area contributed by atoms with Gasteiger partial charge in [-0.1, -0.05) is 0 Å². The average Bonchev–Trinajstić information content (AvgIpc) is 3.09. The Morgan fingerprint density at radius 2 is 1.55 bits per heavy atom. The molecule has 1 saturated carbocycles. The SMILES string of the molecule is O=C(C[C@@H]([Se]C1CCCC1)c1ccccc1)c1ccccc1. The summed E-state index contributed by atoms with van der Waals surface area (Å²) in [5.41, 5.74) is 2.20. The Bertz CT molecular complexity index is 588. The van der Waals surface area contributed by atoms with E-state index in [4.69, 9.17) is 0 Å². The van der Waals surface area contributed by atoms with Crippen LogP contribution >= 0.6 is 0 Å². The van der Waals surface area contributed by atoms with Gasteiger partial charge in [0.1, 0.15) is 0 Å². The fraction of sp³-hybridized carbons (Fsp3) is 0.350. The number of ketones is 1. The van der Waals surface area contributed by atoms with Crippen molar-refractivity contribution in [3.05, 3.63) is 71.8 Å². The topological polar surface area (TPSA) is 17.1 Å². The summed E-state index contributed by atoms with van der Waals surface area (Å²) in [7, 11) is 0. The predicted octanol–water partition coefficient (Wildman–Crippen LogP) is 5.07. The molecule has 2 aromatic carbocycles. The van der Waals surface area contributed by atoms with Crippen molar-refractivity contribution in [2.45, 2.75) is 41.7 Å². The third kappa shape index (κ3) is 4.09. The molecule has 0 amide bonds. The van der Waals surface area contributed by atoms with E-state index >= 15 is 0 Å². The number of rotatable bonds is 6. The van der Waals surface area contributed by atoms with E-state index in [9.17, 15) is 4.79 Å². The minimum atomic E-state index is 0.286. The first-order valence-corrected chi connectivity index (χ1v) is 10.1. The Balaban J connectivity index is 1.74. The van der Waals surface area contributed by atoms with Crippen LogP contribution in [0.1, 0.15) is 52.8 Å². The van der Waals surface area contributed by atoms with Crippen LogP contribution in [0.15, 0.2) is 60.7 Å². The molecule has 0 radical (unpaired) electrons. The van der Waals surface area contributed by atoms with Crippen molar-refractivity contribution < 1.29 is 4.79 Å². The Hall–Kier alpha value is -1.37. The molecule has 0 unspecified atom stereocenters. The molecule has 0 heterocycles. The maximum absolute atomic E-state index is 12.6. The van der Waals surface area contributed by atoms with E-state index in [0.717, 1.165) is 10.4 Å². The molecule has 1 atom stereocenters. The number of Topliss-reactive ketones (excluding diaryl/α,β-unsaturated/α-hetero) is 1. The van der Waals surface area contributed by atoms with Crippen LogP contribution in [-0.2, 0) is 0 Å². The van der Waals surface area contributed by atoms with Crippen molar-refractivity contribution in [2.24, 2.45) is 0 Å². The zero-order chi connectivity index (χ0) is 15.2. The van der Waals surface area contributed by atoms with E-state index in [1.54, 1.807) is 0 Å². The zero-order valence-corrected chi connectivity index (χ0v) is 14.5. The van der Waals surface area contributed by atoms with Gasteiger partial charge in [-0.25, -0.2) is 0 Å². The van der Waals surface area contributed by atoms with Gasteiger partial charge in [0.2, 0.25) is 0 Å². The Morgan fingerprint density at radius 1 is 0.955 bits per heavy atom. The first-order valence-electron chi connectivity index (χ1n) is 8.11. The van der Waals surface area contributed by atoms with Crippen LogP contribution in [0.4, 0.5) is 0 Å². The Kier molecular flexibility index (Phi) is 5.48. The number of hydrogen-bond donors (Lipinski definition) is 0. The van der Waals surface area contributed by atoms with Crippen LogP contribution in [0.2, 0.25) is 4.82 Å². The molecule has 0 N–H and O–H groups in total. The van der Waals surface area contributed by atoms with Crippen LogP contribution < -0.4 is 0 Å². The van der Waals surface area contributed by atoms with Gasteiger partial charge >= 0.3 is 139 Å². The summed E-state index contributed by atoms with van der Waals surface area (Å²) < 4.78 is 0. The molecule has 0 spiro atoms. The molecule has 3 rings (SSSR count). The molecule has 22 heavy (non-hydrogen) atoms. The number of carbonyl (C=O) groups is 1. The van der Waals surface area contributed by atoms with Crippen molar-refractivity contribution in [1.82, 2.24) is 0 Å². The third-order valence-corrected chi connectivity index (χ3v) is 7.70. The summed E-state index contributed by atoms with van der Waals surface area (Å²) in [6.45, 7) is 0. The minimum absolute atomic E-state index is 0.286. The van der Waals surface area contributed by atoms with Crippen molar-refractivity contribution in [3.63, 3.8) is 0 Å². The van der Waals surface area contributed by atoms with Gasteiger partial charge in [-0.05, 0) is 0 Å². The first kappa shape index (κ1) is 15.5. The number of carbonyl (C=O) groups excluding carboxylic acids is 1. The average molecular weight is 357 g/mol. The molecular weight excluding hydrogens is 335 g/mol. The van der Waals surface area contributed by atoms with E-state index < -0.39 is 0 Å².